The minimum atomic E-state index is -4.71. The molecule has 0 saturated heterocycles. The fraction of sp³-hybridized carbons (Fsp3) is 0.750. The number of hydrogen-bond donors (Lipinski definition) is 0. The lowest BCUT2D eigenvalue weighted by atomic mass is 9.84. The van der Waals surface area contributed by atoms with Crippen molar-refractivity contribution in [2.24, 2.45) is 5.92 Å². The molecule has 0 spiro atoms. The second kappa shape index (κ2) is 4.01. The molecule has 0 bridgehead atoms. The molecule has 1 aliphatic rings. The van der Waals surface area contributed by atoms with Crippen LogP contribution in [0.15, 0.2) is 12.1 Å². The van der Waals surface area contributed by atoms with E-state index in [4.69, 9.17) is 0 Å². The third-order valence-corrected chi connectivity index (χ3v) is 2.25. The van der Waals surface area contributed by atoms with Crippen LogP contribution in [0.25, 0.3) is 0 Å². The lowest BCUT2D eigenvalue weighted by Crippen LogP contribution is -2.12. The van der Waals surface area contributed by atoms with Crippen LogP contribution in [0.4, 0.5) is 12.9 Å². The number of halogens is 3. The molecule has 0 heterocycles. The highest BCUT2D eigenvalue weighted by atomic mass is 19.4. The first-order valence-corrected chi connectivity index (χ1v) is 4.47. The van der Waals surface area contributed by atoms with Crippen LogP contribution in [0.2, 0.25) is 0 Å². The molecule has 0 amide bonds. The molecule has 0 N–H and O–H groups in total. The van der Waals surface area contributed by atoms with Crippen LogP contribution in [-0.4, -0.2) is 6.98 Å². The third kappa shape index (κ3) is 3.84. The average Bonchev–Trinajstić information content (AvgIpc) is 2.02. The molecule has 70 valence electrons. The molecule has 12 heavy (non-hydrogen) atoms. The number of hydrogen-bond acceptors (Lipinski definition) is 0. The third-order valence-electron chi connectivity index (χ3n) is 2.25. The summed E-state index contributed by atoms with van der Waals surface area (Å²) >= 11 is 0. The van der Waals surface area contributed by atoms with Crippen molar-refractivity contribution < 1.29 is 12.9 Å². The van der Waals surface area contributed by atoms with Crippen molar-refractivity contribution in [3.63, 3.8) is 0 Å². The quantitative estimate of drug-likeness (QED) is 0.566. The van der Waals surface area contributed by atoms with Gasteiger partial charge in [0, 0.05) is 0 Å². The molecule has 0 aliphatic heterocycles. The molecule has 1 fully saturated rings. The second-order valence-corrected chi connectivity index (χ2v) is 3.41. The van der Waals surface area contributed by atoms with E-state index in [2.05, 4.69) is 0 Å². The topological polar surface area (TPSA) is 0 Å². The number of allylic oxidation sites excluding steroid dienone is 1. The molecule has 1 aliphatic carbocycles. The van der Waals surface area contributed by atoms with Crippen molar-refractivity contribution in [3.05, 3.63) is 12.1 Å². The van der Waals surface area contributed by atoms with Gasteiger partial charge >= 0.3 is 6.98 Å². The van der Waals surface area contributed by atoms with Gasteiger partial charge in [-0.3, -0.25) is 0 Å². The van der Waals surface area contributed by atoms with Gasteiger partial charge in [0.25, 0.3) is 0 Å². The van der Waals surface area contributed by atoms with Crippen molar-refractivity contribution in [1.29, 1.82) is 0 Å². The van der Waals surface area contributed by atoms with Crippen LogP contribution in [0.3, 0.4) is 0 Å². The van der Waals surface area contributed by atoms with Crippen molar-refractivity contribution in [1.82, 2.24) is 0 Å². The van der Waals surface area contributed by atoms with E-state index >= 15 is 0 Å². The number of rotatable bonds is 2. The average molecular weight is 177 g/mol. The Morgan fingerprint density at radius 2 is 1.58 bits per heavy atom. The highest BCUT2D eigenvalue weighted by molar-refractivity contribution is 6.64. The van der Waals surface area contributed by atoms with E-state index < -0.39 is 6.98 Å². The van der Waals surface area contributed by atoms with Gasteiger partial charge < -0.3 is 12.9 Å². The summed E-state index contributed by atoms with van der Waals surface area (Å²) in [6, 6.07) is 0. The van der Waals surface area contributed by atoms with E-state index in [9.17, 15) is 12.9 Å². The lowest BCUT2D eigenvalue weighted by Gasteiger charge is -2.19. The molecular weight excluding hydrogens is 164 g/mol. The molecule has 4 heteroatoms. The Bertz CT molecular complexity index is 156. The van der Waals surface area contributed by atoms with Gasteiger partial charge in [-0.25, -0.2) is 0 Å². The molecular formula is C8H13BF3-. The predicted octanol–water partition coefficient (Wildman–Crippen LogP) is 3.51. The minimum absolute atomic E-state index is 0.183. The maximum atomic E-state index is 11.8. The zero-order chi connectivity index (χ0) is 9.03. The van der Waals surface area contributed by atoms with Crippen LogP contribution in [0.5, 0.6) is 0 Å². The van der Waals surface area contributed by atoms with E-state index in [1.165, 1.54) is 12.5 Å². The molecule has 0 radical (unpaired) electrons. The van der Waals surface area contributed by atoms with E-state index in [1.807, 2.05) is 0 Å². The highest BCUT2D eigenvalue weighted by Gasteiger charge is 2.18. The van der Waals surface area contributed by atoms with E-state index in [0.717, 1.165) is 25.7 Å². The second-order valence-electron chi connectivity index (χ2n) is 3.41. The molecule has 0 aromatic carbocycles. The Morgan fingerprint density at radius 1 is 1.00 bits per heavy atom. The molecule has 0 atom stereocenters. The van der Waals surface area contributed by atoms with Crippen molar-refractivity contribution in [2.75, 3.05) is 0 Å². The fourth-order valence-electron chi connectivity index (χ4n) is 1.61. The summed E-state index contributed by atoms with van der Waals surface area (Å²) in [5, 5.41) is 0. The van der Waals surface area contributed by atoms with Gasteiger partial charge in [-0.05, 0) is 18.8 Å². The van der Waals surface area contributed by atoms with Gasteiger partial charge in [-0.15, -0.1) is 12.1 Å². The summed E-state index contributed by atoms with van der Waals surface area (Å²) in [5.74, 6) is 0.623. The van der Waals surface area contributed by atoms with Crippen molar-refractivity contribution in [2.45, 2.75) is 32.1 Å². The summed E-state index contributed by atoms with van der Waals surface area (Å²) < 4.78 is 35.4. The first-order chi connectivity index (χ1) is 5.58. The van der Waals surface area contributed by atoms with Crippen LogP contribution < -0.4 is 0 Å². The Labute approximate surface area is 70.9 Å². The lowest BCUT2D eigenvalue weighted by molar-refractivity contribution is 0.418. The molecule has 0 unspecified atom stereocenters. The standard InChI is InChI=1S/C8H13BF3/c10-9(11,12)7-6-8-4-2-1-3-5-8/h6-8H,1-5H2/q-1. The van der Waals surface area contributed by atoms with Gasteiger partial charge in [0.1, 0.15) is 0 Å². The van der Waals surface area contributed by atoms with E-state index in [1.54, 1.807) is 0 Å². The van der Waals surface area contributed by atoms with Gasteiger partial charge in [0.05, 0.1) is 0 Å². The van der Waals surface area contributed by atoms with Gasteiger partial charge in [0.2, 0.25) is 0 Å². The summed E-state index contributed by atoms with van der Waals surface area (Å²) in [5.41, 5.74) is 0. The van der Waals surface area contributed by atoms with Crippen molar-refractivity contribution in [3.8, 4) is 0 Å². The maximum absolute atomic E-state index is 11.8. The monoisotopic (exact) mass is 177 g/mol. The summed E-state index contributed by atoms with van der Waals surface area (Å²) in [7, 11) is 0. The predicted molar refractivity (Wildman–Crippen MR) is 44.8 cm³/mol. The highest BCUT2D eigenvalue weighted by Crippen LogP contribution is 2.25. The normalized spacial score (nSPS) is 21.9. The zero-order valence-electron chi connectivity index (χ0n) is 6.98. The largest absolute Gasteiger partial charge is 0.502 e. The SMILES string of the molecule is F[B-](F)(F)C=CC1CCCCC1. The van der Waals surface area contributed by atoms with Gasteiger partial charge in [-0.1, -0.05) is 19.3 Å². The van der Waals surface area contributed by atoms with Crippen LogP contribution >= 0.6 is 0 Å². The molecule has 0 nitrogen and oxygen atoms in total. The van der Waals surface area contributed by atoms with Crippen molar-refractivity contribution >= 4 is 6.98 Å². The summed E-state index contributed by atoms with van der Waals surface area (Å²) in [4.78, 5) is 0. The van der Waals surface area contributed by atoms with Crippen LogP contribution in [0.1, 0.15) is 32.1 Å². The fourth-order valence-corrected chi connectivity index (χ4v) is 1.61. The minimum Gasteiger partial charge on any atom is -0.445 e. The Kier molecular flexibility index (Phi) is 3.24. The van der Waals surface area contributed by atoms with Crippen LogP contribution in [0, 0.1) is 5.92 Å². The zero-order valence-corrected chi connectivity index (χ0v) is 6.98. The van der Waals surface area contributed by atoms with Gasteiger partial charge in [-0.2, -0.15) is 0 Å². The Hall–Kier alpha value is -0.405. The molecule has 1 rings (SSSR count). The Morgan fingerprint density at radius 3 is 2.08 bits per heavy atom. The molecule has 0 aromatic rings. The van der Waals surface area contributed by atoms with E-state index in [-0.39, 0.29) is 5.92 Å². The molecule has 0 aromatic heterocycles. The Balaban J connectivity index is 2.33. The maximum Gasteiger partial charge on any atom is 0.502 e. The van der Waals surface area contributed by atoms with Gasteiger partial charge in [0.15, 0.2) is 0 Å². The first kappa shape index (κ1) is 9.68. The molecule has 1 saturated carbocycles. The summed E-state index contributed by atoms with van der Waals surface area (Å²) in [6.45, 7) is -4.71. The smallest absolute Gasteiger partial charge is 0.445 e. The summed E-state index contributed by atoms with van der Waals surface area (Å²) in [6.07, 6.45) is 6.56. The first-order valence-electron chi connectivity index (χ1n) is 4.47. The van der Waals surface area contributed by atoms with E-state index in [0.29, 0.717) is 5.98 Å². The van der Waals surface area contributed by atoms with Crippen LogP contribution in [-0.2, 0) is 0 Å².